The Hall–Kier alpha value is -2.58. The van der Waals surface area contributed by atoms with Crippen LogP contribution in [-0.2, 0) is 14.4 Å². The standard InChI is InChI=1S/C31H43N3O4S/c1-5-8-18-32(16-6-2)30(38)27-31-22(4)21-24(39-31)25(26(31)29(37)34(27)19-12-13-20-35)28(36)33(17-7-3)23-14-10-9-11-15-23/h6-7,9-11,14-15,22,24-27,35H,2-3,5,8,12-13,16-21H2,1,4H3/t22?,24-,25+,26-,27?,31?/m0/s1. The Kier molecular flexibility index (Phi) is 9.60. The van der Waals surface area contributed by atoms with Crippen LogP contribution in [0.1, 0.15) is 46.0 Å². The number of hydrogen-bond donors (Lipinski definition) is 1. The minimum atomic E-state index is -0.652. The largest absolute Gasteiger partial charge is 0.396 e. The van der Waals surface area contributed by atoms with Crippen molar-refractivity contribution in [1.82, 2.24) is 9.80 Å². The molecule has 3 aliphatic rings. The van der Waals surface area contributed by atoms with Crippen molar-refractivity contribution in [3.05, 3.63) is 55.6 Å². The Morgan fingerprint density at radius 3 is 2.49 bits per heavy atom. The number of likely N-dealkylation sites (tertiary alicyclic amines) is 1. The van der Waals surface area contributed by atoms with E-state index in [-0.39, 0.29) is 35.5 Å². The second-order valence-corrected chi connectivity index (χ2v) is 12.6. The van der Waals surface area contributed by atoms with Gasteiger partial charge in [0.2, 0.25) is 17.7 Å². The quantitative estimate of drug-likeness (QED) is 0.277. The zero-order valence-corrected chi connectivity index (χ0v) is 24.2. The summed E-state index contributed by atoms with van der Waals surface area (Å²) in [6, 6.07) is 8.91. The second kappa shape index (κ2) is 12.7. The van der Waals surface area contributed by atoms with Crippen molar-refractivity contribution >= 4 is 35.2 Å². The number of amides is 3. The highest BCUT2D eigenvalue weighted by atomic mass is 32.2. The van der Waals surface area contributed by atoms with E-state index in [4.69, 9.17) is 0 Å². The molecule has 3 amide bonds. The number of carbonyl (C=O) groups is 3. The van der Waals surface area contributed by atoms with E-state index in [1.807, 2.05) is 35.2 Å². The van der Waals surface area contributed by atoms with Gasteiger partial charge in [-0.25, -0.2) is 0 Å². The maximum absolute atomic E-state index is 14.3. The zero-order valence-electron chi connectivity index (χ0n) is 23.3. The Balaban J connectivity index is 1.75. The number of unbranched alkanes of at least 4 members (excludes halogenated alkanes) is 2. The van der Waals surface area contributed by atoms with Crippen LogP contribution < -0.4 is 4.90 Å². The average Bonchev–Trinajstić information content (AvgIpc) is 3.53. The number of aliphatic hydroxyl groups excluding tert-OH is 1. The van der Waals surface area contributed by atoms with E-state index in [1.54, 1.807) is 33.7 Å². The van der Waals surface area contributed by atoms with E-state index in [2.05, 4.69) is 27.0 Å². The lowest BCUT2D eigenvalue weighted by molar-refractivity contribution is -0.142. The fraction of sp³-hybridized carbons (Fsp3) is 0.581. The molecule has 1 spiro atoms. The molecule has 7 nitrogen and oxygen atoms in total. The fourth-order valence-electron chi connectivity index (χ4n) is 6.92. The summed E-state index contributed by atoms with van der Waals surface area (Å²) < 4.78 is -0.652. The Morgan fingerprint density at radius 2 is 1.85 bits per heavy atom. The molecule has 212 valence electrons. The summed E-state index contributed by atoms with van der Waals surface area (Å²) in [5.41, 5.74) is 0.784. The SMILES string of the molecule is C=CCN(CCCC)C(=O)C1N(CCCCO)C(=O)[C@@H]2[C@H](C(=O)N(CC=C)c3ccccc3)[C@@H]3CC(C)C12S3. The van der Waals surface area contributed by atoms with Gasteiger partial charge in [-0.15, -0.1) is 24.9 Å². The lowest BCUT2D eigenvalue weighted by Gasteiger charge is -2.41. The van der Waals surface area contributed by atoms with E-state index in [0.29, 0.717) is 39.0 Å². The number of nitrogens with zero attached hydrogens (tertiary/aromatic N) is 3. The highest BCUT2D eigenvalue weighted by Gasteiger charge is 2.76. The van der Waals surface area contributed by atoms with Crippen LogP contribution in [0.4, 0.5) is 5.69 Å². The predicted octanol–water partition coefficient (Wildman–Crippen LogP) is 4.13. The van der Waals surface area contributed by atoms with E-state index < -0.39 is 22.6 Å². The molecule has 0 radical (unpaired) electrons. The molecule has 8 heteroatoms. The first kappa shape index (κ1) is 29.4. The van der Waals surface area contributed by atoms with Crippen LogP contribution in [-0.4, -0.2) is 81.5 Å². The van der Waals surface area contributed by atoms with E-state index >= 15 is 0 Å². The van der Waals surface area contributed by atoms with Crippen LogP contribution in [0.5, 0.6) is 0 Å². The van der Waals surface area contributed by atoms with Crippen LogP contribution >= 0.6 is 11.8 Å². The van der Waals surface area contributed by atoms with Crippen molar-refractivity contribution in [3.63, 3.8) is 0 Å². The molecule has 3 aliphatic heterocycles. The van der Waals surface area contributed by atoms with Crippen LogP contribution in [0.2, 0.25) is 0 Å². The van der Waals surface area contributed by atoms with Gasteiger partial charge in [-0.05, 0) is 43.7 Å². The zero-order chi connectivity index (χ0) is 28.2. The summed E-state index contributed by atoms with van der Waals surface area (Å²) in [6.45, 7) is 13.8. The normalized spacial score (nSPS) is 28.8. The van der Waals surface area contributed by atoms with Crippen molar-refractivity contribution in [1.29, 1.82) is 0 Å². The van der Waals surface area contributed by atoms with Crippen molar-refractivity contribution in [2.75, 3.05) is 37.7 Å². The third-order valence-electron chi connectivity index (χ3n) is 8.66. The number of thioether (sulfide) groups is 1. The summed E-state index contributed by atoms with van der Waals surface area (Å²) in [4.78, 5) is 48.3. The molecular weight excluding hydrogens is 510 g/mol. The van der Waals surface area contributed by atoms with Gasteiger partial charge < -0.3 is 19.8 Å². The molecular formula is C31H43N3O4S. The van der Waals surface area contributed by atoms with Gasteiger partial charge in [-0.1, -0.05) is 50.6 Å². The maximum Gasteiger partial charge on any atom is 0.247 e. The second-order valence-electron chi connectivity index (χ2n) is 11.0. The molecule has 0 aliphatic carbocycles. The number of para-hydroxylation sites is 1. The molecule has 1 aromatic carbocycles. The average molecular weight is 554 g/mol. The van der Waals surface area contributed by atoms with E-state index in [9.17, 15) is 19.5 Å². The molecule has 3 heterocycles. The summed E-state index contributed by atoms with van der Waals surface area (Å²) in [5, 5.41) is 9.41. The molecule has 1 N–H and O–H groups in total. The monoisotopic (exact) mass is 553 g/mol. The lowest BCUT2D eigenvalue weighted by Crippen LogP contribution is -2.57. The minimum absolute atomic E-state index is 0.0177. The smallest absolute Gasteiger partial charge is 0.247 e. The van der Waals surface area contributed by atoms with Gasteiger partial charge in [0.25, 0.3) is 0 Å². The number of fused-ring (bicyclic) bond motifs is 1. The number of carbonyl (C=O) groups excluding carboxylic acids is 3. The lowest BCUT2D eigenvalue weighted by atomic mass is 9.65. The number of aliphatic hydroxyl groups is 1. The third kappa shape index (κ3) is 5.18. The van der Waals surface area contributed by atoms with Gasteiger partial charge in [-0.3, -0.25) is 14.4 Å². The molecule has 0 saturated carbocycles. The minimum Gasteiger partial charge on any atom is -0.396 e. The Labute approximate surface area is 237 Å². The number of anilines is 1. The van der Waals surface area contributed by atoms with Gasteiger partial charge in [0, 0.05) is 43.7 Å². The Bertz CT molecular complexity index is 1070. The summed E-state index contributed by atoms with van der Waals surface area (Å²) in [6.07, 6.45) is 7.27. The third-order valence-corrected chi connectivity index (χ3v) is 10.7. The molecule has 3 saturated heterocycles. The summed E-state index contributed by atoms with van der Waals surface area (Å²) >= 11 is 1.71. The molecule has 39 heavy (non-hydrogen) atoms. The molecule has 3 fully saturated rings. The predicted molar refractivity (Wildman–Crippen MR) is 157 cm³/mol. The number of rotatable bonds is 14. The Morgan fingerprint density at radius 1 is 1.13 bits per heavy atom. The van der Waals surface area contributed by atoms with Gasteiger partial charge in [0.1, 0.15) is 6.04 Å². The number of benzene rings is 1. The van der Waals surface area contributed by atoms with E-state index in [1.165, 1.54) is 0 Å². The van der Waals surface area contributed by atoms with Crippen LogP contribution in [0.15, 0.2) is 55.6 Å². The molecule has 4 rings (SSSR count). The van der Waals surface area contributed by atoms with Gasteiger partial charge in [0.05, 0.1) is 16.6 Å². The van der Waals surface area contributed by atoms with Crippen molar-refractivity contribution in [3.8, 4) is 0 Å². The first-order chi connectivity index (χ1) is 18.9. The molecule has 0 aromatic heterocycles. The van der Waals surface area contributed by atoms with Crippen molar-refractivity contribution in [2.45, 2.75) is 62.0 Å². The van der Waals surface area contributed by atoms with Crippen molar-refractivity contribution < 1.29 is 19.5 Å². The van der Waals surface area contributed by atoms with Crippen LogP contribution in [0.25, 0.3) is 0 Å². The molecule has 3 unspecified atom stereocenters. The highest BCUT2D eigenvalue weighted by molar-refractivity contribution is 8.02. The highest BCUT2D eigenvalue weighted by Crippen LogP contribution is 2.69. The van der Waals surface area contributed by atoms with Gasteiger partial charge in [-0.2, -0.15) is 0 Å². The molecule has 1 aromatic rings. The van der Waals surface area contributed by atoms with Crippen LogP contribution in [0, 0.1) is 17.8 Å². The first-order valence-electron chi connectivity index (χ1n) is 14.3. The maximum atomic E-state index is 14.3. The summed E-state index contributed by atoms with van der Waals surface area (Å²) in [7, 11) is 0. The van der Waals surface area contributed by atoms with Gasteiger partial charge >= 0.3 is 0 Å². The summed E-state index contributed by atoms with van der Waals surface area (Å²) in [5.74, 6) is -1.14. The number of hydrogen-bond acceptors (Lipinski definition) is 5. The molecule has 6 atom stereocenters. The fourth-order valence-corrected chi connectivity index (χ4v) is 9.33. The first-order valence-corrected chi connectivity index (χ1v) is 15.2. The van der Waals surface area contributed by atoms with E-state index in [0.717, 1.165) is 24.9 Å². The van der Waals surface area contributed by atoms with Crippen molar-refractivity contribution in [2.24, 2.45) is 17.8 Å². The molecule has 2 bridgehead atoms. The topological polar surface area (TPSA) is 81.2 Å². The van der Waals surface area contributed by atoms with Crippen LogP contribution in [0.3, 0.4) is 0 Å². The van der Waals surface area contributed by atoms with Gasteiger partial charge in [0.15, 0.2) is 0 Å².